The van der Waals surface area contributed by atoms with Crippen LogP contribution < -0.4 is 0 Å². The third kappa shape index (κ3) is 4.91. The maximum atomic E-state index is 5.15. The molecule has 0 bridgehead atoms. The summed E-state index contributed by atoms with van der Waals surface area (Å²) in [5.74, 6) is 0.769. The van der Waals surface area contributed by atoms with Crippen molar-refractivity contribution in [1.82, 2.24) is 0 Å². The summed E-state index contributed by atoms with van der Waals surface area (Å²) in [4.78, 5) is 0. The van der Waals surface area contributed by atoms with Crippen molar-refractivity contribution in [1.29, 1.82) is 0 Å². The monoisotopic (exact) mass is 221 g/mol. The molecule has 0 saturated heterocycles. The van der Waals surface area contributed by atoms with Crippen LogP contribution in [0.2, 0.25) is 0 Å². The Morgan fingerprint density at radius 1 is 1.38 bits per heavy atom. The first kappa shape index (κ1) is 8.76. The molecule has 1 nitrogen and oxygen atoms in total. The molecule has 0 aromatic carbocycles. The Kier molecular flexibility index (Phi) is 5.06. The Bertz CT molecular complexity index is 54.5. The molecule has 2 heteroatoms. The predicted molar refractivity (Wildman–Crippen MR) is 35.8 cm³/mol. The number of hydrogen-bond donors (Lipinski definition) is 0. The second kappa shape index (κ2) is 4.62. The molecule has 0 spiro atoms. The molecule has 0 N–H and O–H groups in total. The molecule has 0 aliphatic heterocycles. The van der Waals surface area contributed by atoms with Crippen molar-refractivity contribution in [3.63, 3.8) is 0 Å². The molecule has 0 fully saturated rings. The Hall–Kier alpha value is 0.759. The van der Waals surface area contributed by atoms with Gasteiger partial charge in [-0.2, -0.15) is 0 Å². The molecule has 47 valence electrons. The summed E-state index contributed by atoms with van der Waals surface area (Å²) in [6.45, 7) is 6.55. The molecular formula is C6H13OSn. The molecule has 0 aliphatic carbocycles. The van der Waals surface area contributed by atoms with Crippen LogP contribution in [0.25, 0.3) is 0 Å². The van der Waals surface area contributed by atoms with Crippen LogP contribution in [0.5, 0.6) is 0 Å². The Labute approximate surface area is 65.4 Å². The van der Waals surface area contributed by atoms with Crippen molar-refractivity contribution in [2.75, 3.05) is 0 Å². The molecular weight excluding hydrogens is 207 g/mol. The molecule has 1 unspecified atom stereocenters. The number of rotatable bonds is 3. The molecule has 8 heavy (non-hydrogen) atoms. The van der Waals surface area contributed by atoms with E-state index in [1.165, 1.54) is 29.4 Å². The van der Waals surface area contributed by atoms with Gasteiger partial charge in [0.25, 0.3) is 0 Å². The second-order valence-electron chi connectivity index (χ2n) is 2.56. The van der Waals surface area contributed by atoms with Gasteiger partial charge in [-0.1, -0.05) is 0 Å². The van der Waals surface area contributed by atoms with Crippen molar-refractivity contribution < 1.29 is 3.07 Å². The summed E-state index contributed by atoms with van der Waals surface area (Å²) in [6.07, 6.45) is 1.65. The van der Waals surface area contributed by atoms with Gasteiger partial charge >= 0.3 is 65.2 Å². The Balaban J connectivity index is 3.10. The summed E-state index contributed by atoms with van der Waals surface area (Å²) in [5.41, 5.74) is 0. The van der Waals surface area contributed by atoms with E-state index in [9.17, 15) is 0 Å². The molecule has 0 aromatic rings. The average Bonchev–Trinajstić information content (AvgIpc) is 1.65. The van der Waals surface area contributed by atoms with Crippen molar-refractivity contribution in [2.24, 2.45) is 5.92 Å². The number of hydrogen-bond acceptors (Lipinski definition) is 1. The summed E-state index contributed by atoms with van der Waals surface area (Å²) in [7, 11) is 0. The van der Waals surface area contributed by atoms with Gasteiger partial charge in [0.1, 0.15) is 0 Å². The quantitative estimate of drug-likeness (QED) is 0.655. The summed E-state index contributed by atoms with van der Waals surface area (Å²) in [5, 5.41) is 0. The van der Waals surface area contributed by atoms with E-state index < -0.39 is 0 Å². The first-order valence-electron chi connectivity index (χ1n) is 2.99. The van der Waals surface area contributed by atoms with Crippen LogP contribution in [-0.2, 0) is 3.07 Å². The van der Waals surface area contributed by atoms with E-state index in [1.54, 1.807) is 0 Å². The molecule has 0 saturated carbocycles. The van der Waals surface area contributed by atoms with Gasteiger partial charge in [0.2, 0.25) is 0 Å². The van der Waals surface area contributed by atoms with Crippen LogP contribution in [0.15, 0.2) is 0 Å². The van der Waals surface area contributed by atoms with Gasteiger partial charge in [-0.3, -0.25) is 0 Å². The zero-order valence-electron chi connectivity index (χ0n) is 5.77. The predicted octanol–water partition coefficient (Wildman–Crippen LogP) is 1.52. The third-order valence-corrected chi connectivity index (χ3v) is 2.15. The van der Waals surface area contributed by atoms with Crippen LogP contribution >= 0.6 is 0 Å². The van der Waals surface area contributed by atoms with Crippen LogP contribution in [-0.4, -0.2) is 29.0 Å². The van der Waals surface area contributed by atoms with E-state index in [0.29, 0.717) is 6.10 Å². The van der Waals surface area contributed by atoms with Gasteiger partial charge in [0.05, 0.1) is 0 Å². The SMILES string of the molecule is CC(C)CC(C)[O][Sn]. The van der Waals surface area contributed by atoms with Crippen molar-refractivity contribution >= 4 is 22.9 Å². The third-order valence-electron chi connectivity index (χ3n) is 1.00. The molecule has 1 atom stereocenters. The maximum absolute atomic E-state index is 5.15. The summed E-state index contributed by atoms with van der Waals surface area (Å²) in [6, 6.07) is 0. The van der Waals surface area contributed by atoms with E-state index in [4.69, 9.17) is 3.07 Å². The molecule has 3 radical (unpaired) electrons. The normalized spacial score (nSPS) is 14.6. The van der Waals surface area contributed by atoms with Gasteiger partial charge < -0.3 is 0 Å². The van der Waals surface area contributed by atoms with E-state index in [0.717, 1.165) is 5.92 Å². The fraction of sp³-hybridized carbons (Fsp3) is 1.00. The van der Waals surface area contributed by atoms with Gasteiger partial charge in [-0.25, -0.2) is 0 Å². The molecule has 0 aromatic heterocycles. The first-order valence-corrected chi connectivity index (χ1v) is 4.15. The molecule has 0 heterocycles. The molecule has 0 aliphatic rings. The Morgan fingerprint density at radius 3 is 2.00 bits per heavy atom. The minimum absolute atomic E-state index is 0.466. The van der Waals surface area contributed by atoms with Crippen LogP contribution in [0, 0.1) is 5.92 Å². The van der Waals surface area contributed by atoms with Crippen molar-refractivity contribution in [3.05, 3.63) is 0 Å². The fourth-order valence-electron chi connectivity index (χ4n) is 0.712. The van der Waals surface area contributed by atoms with Crippen LogP contribution in [0.4, 0.5) is 0 Å². The zero-order valence-corrected chi connectivity index (χ0v) is 8.62. The Morgan fingerprint density at radius 2 is 1.88 bits per heavy atom. The van der Waals surface area contributed by atoms with Gasteiger partial charge in [-0.05, 0) is 0 Å². The van der Waals surface area contributed by atoms with E-state index >= 15 is 0 Å². The van der Waals surface area contributed by atoms with Crippen LogP contribution in [0.1, 0.15) is 27.2 Å². The van der Waals surface area contributed by atoms with Crippen molar-refractivity contribution in [3.8, 4) is 0 Å². The summed E-state index contributed by atoms with van der Waals surface area (Å²) >= 11 is 1.19. The second-order valence-corrected chi connectivity index (χ2v) is 3.23. The van der Waals surface area contributed by atoms with Crippen LogP contribution in [0.3, 0.4) is 0 Å². The topological polar surface area (TPSA) is 9.23 Å². The standard InChI is InChI=1S/C6H13O.Sn/c1-5(2)4-6(3)7;/h5-6H,4H2,1-3H3;/q-1;+1. The molecule has 0 amide bonds. The summed E-state index contributed by atoms with van der Waals surface area (Å²) < 4.78 is 5.15. The first-order chi connectivity index (χ1) is 3.66. The van der Waals surface area contributed by atoms with Gasteiger partial charge in [0.15, 0.2) is 0 Å². The van der Waals surface area contributed by atoms with E-state index in [1.807, 2.05) is 0 Å². The zero-order chi connectivity index (χ0) is 6.57. The molecule has 0 rings (SSSR count). The fourth-order valence-corrected chi connectivity index (χ4v) is 0.987. The van der Waals surface area contributed by atoms with Gasteiger partial charge in [0, 0.05) is 0 Å². The average molecular weight is 220 g/mol. The minimum atomic E-state index is 0.466. The van der Waals surface area contributed by atoms with Crippen molar-refractivity contribution in [2.45, 2.75) is 33.3 Å². The van der Waals surface area contributed by atoms with E-state index in [-0.39, 0.29) is 0 Å². The van der Waals surface area contributed by atoms with E-state index in [2.05, 4.69) is 20.8 Å². The van der Waals surface area contributed by atoms with Gasteiger partial charge in [-0.15, -0.1) is 0 Å².